The van der Waals surface area contributed by atoms with Crippen molar-refractivity contribution in [1.29, 1.82) is 0 Å². The monoisotopic (exact) mass is 349 g/mol. The van der Waals surface area contributed by atoms with Crippen molar-refractivity contribution in [1.82, 2.24) is 25.5 Å². The van der Waals surface area contributed by atoms with E-state index in [0.717, 1.165) is 29.7 Å². The summed E-state index contributed by atoms with van der Waals surface area (Å²) in [6.07, 6.45) is 3.31. The molecule has 0 radical (unpaired) electrons. The zero-order valence-corrected chi connectivity index (χ0v) is 15.3. The van der Waals surface area contributed by atoms with E-state index in [1.807, 2.05) is 51.1 Å². The van der Waals surface area contributed by atoms with E-state index in [2.05, 4.69) is 33.0 Å². The number of hydrogen-bond donors (Lipinski definition) is 1. The molecule has 6 heteroatoms. The van der Waals surface area contributed by atoms with Crippen molar-refractivity contribution in [2.24, 2.45) is 0 Å². The van der Waals surface area contributed by atoms with Crippen molar-refractivity contribution < 1.29 is 4.79 Å². The third-order valence-corrected chi connectivity index (χ3v) is 4.61. The highest BCUT2D eigenvalue weighted by Crippen LogP contribution is 2.22. The minimum Gasteiger partial charge on any atom is -0.350 e. The minimum atomic E-state index is -0.112. The Morgan fingerprint density at radius 2 is 1.92 bits per heavy atom. The minimum absolute atomic E-state index is 0.0611. The molecule has 0 bridgehead atoms. The maximum atomic E-state index is 12.9. The zero-order chi connectivity index (χ0) is 18.5. The molecule has 1 heterocycles. The van der Waals surface area contributed by atoms with Crippen LogP contribution in [0.5, 0.6) is 0 Å². The molecule has 6 nitrogen and oxygen atoms in total. The van der Waals surface area contributed by atoms with E-state index >= 15 is 0 Å². The Hall–Kier alpha value is -3.02. The lowest BCUT2D eigenvalue weighted by Crippen LogP contribution is -2.33. The molecule has 3 rings (SSSR count). The Labute approximate surface area is 153 Å². The molecule has 2 aromatic carbocycles. The summed E-state index contributed by atoms with van der Waals surface area (Å²) in [5.41, 5.74) is 4.65. The molecule has 1 aromatic heterocycles. The van der Waals surface area contributed by atoms with Gasteiger partial charge in [0.05, 0.1) is 11.3 Å². The van der Waals surface area contributed by atoms with Gasteiger partial charge in [-0.1, -0.05) is 36.4 Å². The molecular formula is C20H23N5O. The number of carbonyl (C=O) groups excluding carboxylic acids is 1. The molecule has 0 spiro atoms. The second-order valence-electron chi connectivity index (χ2n) is 6.56. The van der Waals surface area contributed by atoms with Crippen molar-refractivity contribution >= 4 is 5.91 Å². The van der Waals surface area contributed by atoms with Crippen LogP contribution >= 0.6 is 0 Å². The van der Waals surface area contributed by atoms with Gasteiger partial charge in [0.1, 0.15) is 6.33 Å². The maximum absolute atomic E-state index is 12.9. The normalized spacial score (nSPS) is 12.0. The Kier molecular flexibility index (Phi) is 5.41. The fourth-order valence-electron chi connectivity index (χ4n) is 2.94. The fourth-order valence-corrected chi connectivity index (χ4v) is 2.94. The van der Waals surface area contributed by atoms with Crippen molar-refractivity contribution in [2.45, 2.75) is 39.7 Å². The molecule has 0 unspecified atom stereocenters. The lowest BCUT2D eigenvalue weighted by Gasteiger charge is -2.17. The van der Waals surface area contributed by atoms with Gasteiger partial charge in [-0.15, -0.1) is 5.10 Å². The third-order valence-electron chi connectivity index (χ3n) is 4.61. The first kappa shape index (κ1) is 17.8. The summed E-state index contributed by atoms with van der Waals surface area (Å²) in [6.45, 7) is 6.01. The van der Waals surface area contributed by atoms with E-state index in [1.54, 1.807) is 4.68 Å². The molecule has 26 heavy (non-hydrogen) atoms. The summed E-state index contributed by atoms with van der Waals surface area (Å²) in [5.74, 6) is -0.112. The van der Waals surface area contributed by atoms with E-state index in [1.165, 1.54) is 11.9 Å². The SMILES string of the molecule is Cc1ccc(C(=O)N[C@@H](C)CCc2ccccc2)c(-n2cnnn2)c1C. The van der Waals surface area contributed by atoms with Crippen LogP contribution in [-0.4, -0.2) is 32.2 Å². The van der Waals surface area contributed by atoms with Crippen LogP contribution in [0.25, 0.3) is 5.69 Å². The van der Waals surface area contributed by atoms with Crippen LogP contribution in [-0.2, 0) is 6.42 Å². The number of hydrogen-bond acceptors (Lipinski definition) is 4. The molecule has 1 atom stereocenters. The summed E-state index contributed by atoms with van der Waals surface area (Å²) >= 11 is 0. The van der Waals surface area contributed by atoms with E-state index in [4.69, 9.17) is 0 Å². The zero-order valence-electron chi connectivity index (χ0n) is 15.3. The number of nitrogens with one attached hydrogen (secondary N) is 1. The second kappa shape index (κ2) is 7.91. The fraction of sp³-hybridized carbons (Fsp3) is 0.300. The van der Waals surface area contributed by atoms with Crippen LogP contribution in [0.4, 0.5) is 0 Å². The maximum Gasteiger partial charge on any atom is 0.253 e. The molecule has 1 N–H and O–H groups in total. The molecule has 0 saturated carbocycles. The summed E-state index contributed by atoms with van der Waals surface area (Å²) in [7, 11) is 0. The molecule has 0 fully saturated rings. The molecule has 0 saturated heterocycles. The number of tetrazole rings is 1. The van der Waals surface area contributed by atoms with Gasteiger partial charge in [0.25, 0.3) is 5.91 Å². The highest BCUT2D eigenvalue weighted by molar-refractivity contribution is 5.98. The standard InChI is InChI=1S/C20H23N5O/c1-14-9-12-18(19(16(14)3)25-13-21-23-24-25)20(26)22-15(2)10-11-17-7-5-4-6-8-17/h4-9,12-13,15H,10-11H2,1-3H3,(H,22,26)/t15-/m0/s1. The van der Waals surface area contributed by atoms with Crippen LogP contribution < -0.4 is 5.32 Å². The number of amides is 1. The van der Waals surface area contributed by atoms with Gasteiger partial charge in [-0.05, 0) is 66.8 Å². The van der Waals surface area contributed by atoms with Gasteiger partial charge < -0.3 is 5.32 Å². The average Bonchev–Trinajstić information content (AvgIpc) is 3.17. The summed E-state index contributed by atoms with van der Waals surface area (Å²) < 4.78 is 1.55. The predicted molar refractivity (Wildman–Crippen MR) is 100 cm³/mol. The Balaban J connectivity index is 1.74. The van der Waals surface area contributed by atoms with Gasteiger partial charge in [0, 0.05) is 6.04 Å². The Morgan fingerprint density at radius 1 is 1.15 bits per heavy atom. The molecule has 134 valence electrons. The lowest BCUT2D eigenvalue weighted by molar-refractivity contribution is 0.0938. The van der Waals surface area contributed by atoms with Crippen LogP contribution in [0.15, 0.2) is 48.8 Å². The number of carbonyl (C=O) groups is 1. The second-order valence-corrected chi connectivity index (χ2v) is 6.56. The van der Waals surface area contributed by atoms with E-state index in [0.29, 0.717) is 5.56 Å². The summed E-state index contributed by atoms with van der Waals surface area (Å²) in [4.78, 5) is 12.9. The summed E-state index contributed by atoms with van der Waals surface area (Å²) in [6, 6.07) is 14.1. The van der Waals surface area contributed by atoms with Gasteiger partial charge in [-0.3, -0.25) is 4.79 Å². The highest BCUT2D eigenvalue weighted by Gasteiger charge is 2.18. The number of rotatable bonds is 6. The highest BCUT2D eigenvalue weighted by atomic mass is 16.1. The van der Waals surface area contributed by atoms with Crippen LogP contribution in [0.3, 0.4) is 0 Å². The van der Waals surface area contributed by atoms with Gasteiger partial charge >= 0.3 is 0 Å². The molecule has 0 aliphatic heterocycles. The number of benzene rings is 2. The average molecular weight is 349 g/mol. The first-order valence-electron chi connectivity index (χ1n) is 8.74. The van der Waals surface area contributed by atoms with Crippen LogP contribution in [0.1, 0.15) is 40.4 Å². The van der Waals surface area contributed by atoms with Gasteiger partial charge in [-0.2, -0.15) is 4.68 Å². The number of aromatic nitrogens is 4. The largest absolute Gasteiger partial charge is 0.350 e. The van der Waals surface area contributed by atoms with Crippen molar-refractivity contribution in [3.05, 3.63) is 71.0 Å². The quantitative estimate of drug-likeness (QED) is 0.742. The molecule has 1 amide bonds. The van der Waals surface area contributed by atoms with Crippen LogP contribution in [0, 0.1) is 13.8 Å². The smallest absolute Gasteiger partial charge is 0.253 e. The number of aryl methyl sites for hydroxylation is 2. The van der Waals surface area contributed by atoms with Crippen molar-refractivity contribution in [2.75, 3.05) is 0 Å². The van der Waals surface area contributed by atoms with E-state index in [9.17, 15) is 4.79 Å². The lowest BCUT2D eigenvalue weighted by atomic mass is 10.0. The first-order chi connectivity index (χ1) is 12.6. The molecule has 0 aliphatic carbocycles. The van der Waals surface area contributed by atoms with Gasteiger partial charge in [0.2, 0.25) is 0 Å². The topological polar surface area (TPSA) is 72.7 Å². The Bertz CT molecular complexity index is 875. The van der Waals surface area contributed by atoms with Crippen LogP contribution in [0.2, 0.25) is 0 Å². The van der Waals surface area contributed by atoms with Gasteiger partial charge in [0.15, 0.2) is 0 Å². The van der Waals surface area contributed by atoms with Crippen molar-refractivity contribution in [3.8, 4) is 5.69 Å². The van der Waals surface area contributed by atoms with Crippen molar-refractivity contribution in [3.63, 3.8) is 0 Å². The van der Waals surface area contributed by atoms with E-state index in [-0.39, 0.29) is 11.9 Å². The summed E-state index contributed by atoms with van der Waals surface area (Å²) in [5, 5.41) is 14.4. The van der Waals surface area contributed by atoms with E-state index < -0.39 is 0 Å². The number of nitrogens with zero attached hydrogens (tertiary/aromatic N) is 4. The predicted octanol–water partition coefficient (Wildman–Crippen LogP) is 3.03. The molecular weight excluding hydrogens is 326 g/mol. The van der Waals surface area contributed by atoms with Gasteiger partial charge in [-0.25, -0.2) is 0 Å². The first-order valence-corrected chi connectivity index (χ1v) is 8.74. The molecule has 0 aliphatic rings. The third kappa shape index (κ3) is 3.96. The Morgan fingerprint density at radius 3 is 2.62 bits per heavy atom. The molecule has 3 aromatic rings.